The second kappa shape index (κ2) is 10.5. The van der Waals surface area contributed by atoms with Crippen molar-refractivity contribution >= 4 is 11.9 Å². The third-order valence-electron chi connectivity index (χ3n) is 5.28. The highest BCUT2D eigenvalue weighted by atomic mass is 16.5. The monoisotopic (exact) mass is 455 g/mol. The molecular formula is C27H25N3O4. The summed E-state index contributed by atoms with van der Waals surface area (Å²) in [5.74, 6) is 1.08. The van der Waals surface area contributed by atoms with Crippen LogP contribution in [-0.4, -0.2) is 41.9 Å². The number of allylic oxidation sites excluding steroid dienone is 1. The molecule has 34 heavy (non-hydrogen) atoms. The normalized spacial score (nSPS) is 10.9. The lowest BCUT2D eigenvalue weighted by Crippen LogP contribution is -2.00. The molecular weight excluding hydrogens is 430 g/mol. The van der Waals surface area contributed by atoms with Gasteiger partial charge in [0, 0.05) is 35.3 Å². The molecule has 7 heteroatoms. The Kier molecular flexibility index (Phi) is 7.03. The Bertz CT molecular complexity index is 1270. The minimum absolute atomic E-state index is 0.202. The largest absolute Gasteiger partial charge is 0.493 e. The smallest absolute Gasteiger partial charge is 0.203 e. The summed E-state index contributed by atoms with van der Waals surface area (Å²) in [6, 6.07) is 17.2. The summed E-state index contributed by atoms with van der Waals surface area (Å²) in [6.45, 7) is 0.614. The van der Waals surface area contributed by atoms with Gasteiger partial charge in [0.15, 0.2) is 17.3 Å². The van der Waals surface area contributed by atoms with E-state index in [1.54, 1.807) is 30.6 Å². The van der Waals surface area contributed by atoms with Crippen LogP contribution in [0.5, 0.6) is 17.2 Å². The third-order valence-corrected chi connectivity index (χ3v) is 5.28. The van der Waals surface area contributed by atoms with Crippen molar-refractivity contribution in [3.8, 4) is 28.5 Å². The molecule has 0 spiro atoms. The SMILES string of the molecule is COc1cc(C(=O)/C=C/c2cn(Cc3ccccc3)nc2-c2cccnc2)cc(OC)c1OC. The molecule has 2 aromatic carbocycles. The van der Waals surface area contributed by atoms with Crippen LogP contribution in [0.25, 0.3) is 17.3 Å². The highest BCUT2D eigenvalue weighted by Crippen LogP contribution is 2.38. The number of ketones is 1. The van der Waals surface area contributed by atoms with E-state index in [1.807, 2.05) is 41.2 Å². The van der Waals surface area contributed by atoms with Crippen molar-refractivity contribution in [3.63, 3.8) is 0 Å². The van der Waals surface area contributed by atoms with E-state index in [0.717, 1.165) is 22.4 Å². The van der Waals surface area contributed by atoms with Crippen molar-refractivity contribution < 1.29 is 19.0 Å². The zero-order valence-corrected chi connectivity index (χ0v) is 19.3. The maximum atomic E-state index is 13.0. The Morgan fingerprint density at radius 2 is 1.71 bits per heavy atom. The van der Waals surface area contributed by atoms with E-state index in [1.165, 1.54) is 27.4 Å². The van der Waals surface area contributed by atoms with Gasteiger partial charge < -0.3 is 14.2 Å². The molecule has 2 aromatic heterocycles. The van der Waals surface area contributed by atoms with Crippen molar-refractivity contribution in [2.75, 3.05) is 21.3 Å². The topological polar surface area (TPSA) is 75.5 Å². The molecule has 0 unspecified atom stereocenters. The van der Waals surface area contributed by atoms with Crippen LogP contribution in [0, 0.1) is 0 Å². The van der Waals surface area contributed by atoms with Gasteiger partial charge in [-0.3, -0.25) is 14.5 Å². The molecule has 4 rings (SSSR count). The number of carbonyl (C=O) groups is 1. The van der Waals surface area contributed by atoms with Gasteiger partial charge in [0.05, 0.1) is 27.9 Å². The average molecular weight is 456 g/mol. The maximum absolute atomic E-state index is 13.0. The van der Waals surface area contributed by atoms with Crippen LogP contribution in [0.1, 0.15) is 21.5 Å². The third kappa shape index (κ3) is 4.99. The van der Waals surface area contributed by atoms with Gasteiger partial charge >= 0.3 is 0 Å². The fraction of sp³-hybridized carbons (Fsp3) is 0.148. The van der Waals surface area contributed by atoms with E-state index in [-0.39, 0.29) is 5.78 Å². The van der Waals surface area contributed by atoms with Crippen LogP contribution in [0.3, 0.4) is 0 Å². The Labute approximate surface area is 198 Å². The van der Waals surface area contributed by atoms with Crippen molar-refractivity contribution in [1.29, 1.82) is 0 Å². The van der Waals surface area contributed by atoms with Crippen LogP contribution in [0.4, 0.5) is 0 Å². The van der Waals surface area contributed by atoms with E-state index in [2.05, 4.69) is 17.1 Å². The second-order valence-corrected chi connectivity index (χ2v) is 7.47. The Hall–Kier alpha value is -4.39. The van der Waals surface area contributed by atoms with E-state index < -0.39 is 0 Å². The Morgan fingerprint density at radius 3 is 2.32 bits per heavy atom. The summed E-state index contributed by atoms with van der Waals surface area (Å²) in [5, 5.41) is 4.76. The molecule has 2 heterocycles. The predicted molar refractivity (Wildman–Crippen MR) is 130 cm³/mol. The summed E-state index contributed by atoms with van der Waals surface area (Å²) >= 11 is 0. The average Bonchev–Trinajstić information content (AvgIpc) is 3.29. The van der Waals surface area contributed by atoms with Gasteiger partial charge in [-0.1, -0.05) is 30.3 Å². The number of carbonyl (C=O) groups excluding carboxylic acids is 1. The first-order chi connectivity index (χ1) is 16.6. The highest BCUT2D eigenvalue weighted by molar-refractivity contribution is 6.07. The van der Waals surface area contributed by atoms with Crippen LogP contribution in [0.15, 0.2) is 79.3 Å². The van der Waals surface area contributed by atoms with Gasteiger partial charge in [-0.05, 0) is 42.0 Å². The number of pyridine rings is 1. The van der Waals surface area contributed by atoms with Gasteiger partial charge in [-0.15, -0.1) is 0 Å². The number of aromatic nitrogens is 3. The summed E-state index contributed by atoms with van der Waals surface area (Å²) < 4.78 is 17.9. The van der Waals surface area contributed by atoms with Crippen molar-refractivity contribution in [2.24, 2.45) is 0 Å². The molecule has 7 nitrogen and oxygen atoms in total. The Balaban J connectivity index is 1.67. The molecule has 0 fully saturated rings. The summed E-state index contributed by atoms with van der Waals surface area (Å²) in [5.41, 5.74) is 3.98. The lowest BCUT2D eigenvalue weighted by molar-refractivity contribution is 0.104. The van der Waals surface area contributed by atoms with E-state index in [9.17, 15) is 4.79 Å². The fourth-order valence-corrected chi connectivity index (χ4v) is 3.62. The molecule has 0 N–H and O–H groups in total. The van der Waals surface area contributed by atoms with Crippen LogP contribution < -0.4 is 14.2 Å². The number of benzene rings is 2. The number of methoxy groups -OCH3 is 3. The number of rotatable bonds is 9. The Morgan fingerprint density at radius 1 is 0.971 bits per heavy atom. The van der Waals surface area contributed by atoms with Gasteiger partial charge in [0.2, 0.25) is 5.75 Å². The first-order valence-electron chi connectivity index (χ1n) is 10.7. The number of ether oxygens (including phenoxy) is 3. The van der Waals surface area contributed by atoms with E-state index in [4.69, 9.17) is 19.3 Å². The molecule has 0 bridgehead atoms. The van der Waals surface area contributed by atoms with Crippen LogP contribution in [0.2, 0.25) is 0 Å². The summed E-state index contributed by atoms with van der Waals surface area (Å²) in [7, 11) is 4.56. The molecule has 4 aromatic rings. The standard InChI is InChI=1S/C27H25N3O4/c1-32-24-14-22(15-25(33-2)27(24)34-3)23(31)12-11-21-18-30(17-19-8-5-4-6-9-19)29-26(21)20-10-7-13-28-16-20/h4-16,18H,17H2,1-3H3/b12-11+. The highest BCUT2D eigenvalue weighted by Gasteiger charge is 2.16. The first kappa shape index (κ1) is 22.8. The zero-order chi connectivity index (χ0) is 23.9. The molecule has 0 aliphatic carbocycles. The molecule has 0 radical (unpaired) electrons. The summed E-state index contributed by atoms with van der Waals surface area (Å²) in [6.07, 6.45) is 8.68. The molecule has 0 amide bonds. The predicted octanol–water partition coefficient (Wildman–Crippen LogP) is 4.92. The minimum Gasteiger partial charge on any atom is -0.493 e. The van der Waals surface area contributed by atoms with Gasteiger partial charge in [-0.25, -0.2) is 0 Å². The van der Waals surface area contributed by atoms with E-state index in [0.29, 0.717) is 29.4 Å². The van der Waals surface area contributed by atoms with Crippen molar-refractivity contribution in [2.45, 2.75) is 6.54 Å². The van der Waals surface area contributed by atoms with Gasteiger partial charge in [0.1, 0.15) is 5.69 Å². The molecule has 0 aliphatic heterocycles. The molecule has 0 saturated carbocycles. The van der Waals surface area contributed by atoms with E-state index >= 15 is 0 Å². The van der Waals surface area contributed by atoms with Gasteiger partial charge in [0.25, 0.3) is 0 Å². The molecule has 0 aliphatic rings. The number of hydrogen-bond donors (Lipinski definition) is 0. The molecule has 0 atom stereocenters. The maximum Gasteiger partial charge on any atom is 0.203 e. The second-order valence-electron chi connectivity index (χ2n) is 7.47. The first-order valence-corrected chi connectivity index (χ1v) is 10.7. The molecule has 0 saturated heterocycles. The number of nitrogens with zero attached hydrogens (tertiary/aromatic N) is 3. The van der Waals surface area contributed by atoms with Gasteiger partial charge in [-0.2, -0.15) is 5.10 Å². The fourth-order valence-electron chi connectivity index (χ4n) is 3.62. The summed E-state index contributed by atoms with van der Waals surface area (Å²) in [4.78, 5) is 17.2. The molecule has 172 valence electrons. The quantitative estimate of drug-likeness (QED) is 0.264. The van der Waals surface area contributed by atoms with Crippen molar-refractivity contribution in [1.82, 2.24) is 14.8 Å². The van der Waals surface area contributed by atoms with Crippen molar-refractivity contribution in [3.05, 3.63) is 96.0 Å². The zero-order valence-electron chi connectivity index (χ0n) is 19.3. The lowest BCUT2D eigenvalue weighted by atomic mass is 10.1. The number of hydrogen-bond acceptors (Lipinski definition) is 6. The lowest BCUT2D eigenvalue weighted by Gasteiger charge is -2.13. The minimum atomic E-state index is -0.202. The van der Waals surface area contributed by atoms with Crippen LogP contribution >= 0.6 is 0 Å². The van der Waals surface area contributed by atoms with Crippen LogP contribution in [-0.2, 0) is 6.54 Å².